The van der Waals surface area contributed by atoms with E-state index in [1.165, 1.54) is 0 Å². The highest BCUT2D eigenvalue weighted by molar-refractivity contribution is 5.66. The van der Waals surface area contributed by atoms with Crippen molar-refractivity contribution in [2.24, 2.45) is 0 Å². The van der Waals surface area contributed by atoms with Gasteiger partial charge in [0.1, 0.15) is 11.8 Å². The van der Waals surface area contributed by atoms with Gasteiger partial charge in [0.2, 0.25) is 0 Å². The van der Waals surface area contributed by atoms with E-state index in [0.29, 0.717) is 6.54 Å². The van der Waals surface area contributed by atoms with Crippen LogP contribution in [0.15, 0.2) is 24.3 Å². The number of rotatable bonds is 4. The fraction of sp³-hybridized carbons (Fsp3) is 0.533. The van der Waals surface area contributed by atoms with Crippen LogP contribution in [0.5, 0.6) is 0 Å². The predicted molar refractivity (Wildman–Crippen MR) is 87.4 cm³/mol. The molecule has 128 valence electrons. The molecule has 0 radical (unpaired) electrons. The van der Waals surface area contributed by atoms with Crippen LogP contribution in [-0.4, -0.2) is 17.9 Å². The minimum atomic E-state index is -0.507. The Labute approximate surface area is 136 Å². The predicted octanol–water partition coefficient (Wildman–Crippen LogP) is 0.763. The van der Waals surface area contributed by atoms with E-state index in [2.05, 4.69) is 32.6 Å². The monoisotopic (exact) mass is 322 g/mol. The second kappa shape index (κ2) is 7.71. The molecule has 2 rings (SSSR count). The van der Waals surface area contributed by atoms with E-state index in [1.807, 2.05) is 52.0 Å². The molecule has 6 N–H and O–H groups in total. The summed E-state index contributed by atoms with van der Waals surface area (Å²) in [5, 5.41) is 0. The second-order valence-corrected chi connectivity index (χ2v) is 6.45. The van der Waals surface area contributed by atoms with Crippen molar-refractivity contribution in [2.75, 3.05) is 0 Å². The van der Waals surface area contributed by atoms with E-state index in [4.69, 9.17) is 4.74 Å². The molecule has 1 amide bonds. The maximum absolute atomic E-state index is 11.5. The van der Waals surface area contributed by atoms with Crippen LogP contribution >= 0.6 is 0 Å². The van der Waals surface area contributed by atoms with Gasteiger partial charge >= 0.3 is 6.09 Å². The number of nitrogens with one attached hydrogen (secondary N) is 6. The Morgan fingerprint density at radius 3 is 2.30 bits per heavy atom. The zero-order valence-corrected chi connectivity index (χ0v) is 14.0. The van der Waals surface area contributed by atoms with Gasteiger partial charge in [-0.15, -0.1) is 0 Å². The van der Waals surface area contributed by atoms with Gasteiger partial charge in [0.25, 0.3) is 0 Å². The van der Waals surface area contributed by atoms with Crippen molar-refractivity contribution in [3.05, 3.63) is 35.4 Å². The standard InChI is InChI=1S/C15H26N6O2/c1-10-17-19-13(20-18-10)12-7-5-11(6-8-12)9-16-21-14(22)23-15(2,3)4/h5-8,10,13,16-20H,9H2,1-4H3,(H,21,22). The number of amides is 1. The van der Waals surface area contributed by atoms with Crippen molar-refractivity contribution in [1.29, 1.82) is 0 Å². The van der Waals surface area contributed by atoms with Crippen molar-refractivity contribution in [3.8, 4) is 0 Å². The highest BCUT2D eigenvalue weighted by atomic mass is 16.6. The third-order valence-corrected chi connectivity index (χ3v) is 3.08. The van der Waals surface area contributed by atoms with Crippen molar-refractivity contribution >= 4 is 6.09 Å². The first-order valence-corrected chi connectivity index (χ1v) is 7.66. The molecular formula is C15H26N6O2. The van der Waals surface area contributed by atoms with Crippen molar-refractivity contribution in [2.45, 2.75) is 52.2 Å². The lowest BCUT2D eigenvalue weighted by molar-refractivity contribution is 0.0497. The maximum atomic E-state index is 11.5. The average Bonchev–Trinajstić information content (AvgIpc) is 2.47. The Bertz CT molecular complexity index is 506. The summed E-state index contributed by atoms with van der Waals surface area (Å²) in [5.41, 5.74) is 19.6. The molecule has 0 unspecified atom stereocenters. The Morgan fingerprint density at radius 2 is 1.74 bits per heavy atom. The Morgan fingerprint density at radius 1 is 1.13 bits per heavy atom. The topological polar surface area (TPSA) is 98.5 Å². The summed E-state index contributed by atoms with van der Waals surface area (Å²) in [6.45, 7) is 7.98. The third kappa shape index (κ3) is 6.12. The summed E-state index contributed by atoms with van der Waals surface area (Å²) in [5.74, 6) is 0. The fourth-order valence-electron chi connectivity index (χ4n) is 2.01. The van der Waals surface area contributed by atoms with Gasteiger partial charge in [-0.3, -0.25) is 5.43 Å². The van der Waals surface area contributed by atoms with Crippen LogP contribution in [0, 0.1) is 0 Å². The zero-order chi connectivity index (χ0) is 16.9. The van der Waals surface area contributed by atoms with Gasteiger partial charge in [-0.25, -0.2) is 31.9 Å². The SMILES string of the molecule is CC1NNC(c2ccc(CNNC(=O)OC(C)(C)C)cc2)NN1. The molecule has 0 atom stereocenters. The van der Waals surface area contributed by atoms with Crippen LogP contribution < -0.4 is 32.6 Å². The van der Waals surface area contributed by atoms with E-state index < -0.39 is 11.7 Å². The van der Waals surface area contributed by atoms with E-state index >= 15 is 0 Å². The Hall–Kier alpha value is -1.71. The minimum absolute atomic E-state index is 0.00639. The second-order valence-electron chi connectivity index (χ2n) is 6.45. The van der Waals surface area contributed by atoms with Crippen LogP contribution in [-0.2, 0) is 11.3 Å². The zero-order valence-electron chi connectivity index (χ0n) is 14.0. The van der Waals surface area contributed by atoms with Gasteiger partial charge in [0.05, 0.1) is 6.17 Å². The summed E-state index contributed by atoms with van der Waals surface area (Å²) < 4.78 is 5.14. The molecule has 1 aromatic rings. The molecule has 1 heterocycles. The number of hydrogen-bond acceptors (Lipinski definition) is 7. The van der Waals surface area contributed by atoms with Crippen molar-refractivity contribution in [3.63, 3.8) is 0 Å². The van der Waals surface area contributed by atoms with Gasteiger partial charge in [0, 0.05) is 6.54 Å². The molecular weight excluding hydrogens is 296 g/mol. The smallest absolute Gasteiger partial charge is 0.422 e. The summed E-state index contributed by atoms with van der Waals surface area (Å²) >= 11 is 0. The number of hydrogen-bond donors (Lipinski definition) is 6. The molecule has 0 aliphatic carbocycles. The lowest BCUT2D eigenvalue weighted by Crippen LogP contribution is -2.63. The molecule has 0 spiro atoms. The first-order chi connectivity index (χ1) is 10.8. The molecule has 1 fully saturated rings. The average molecular weight is 322 g/mol. The molecule has 1 aromatic carbocycles. The number of hydrazine groups is 3. The highest BCUT2D eigenvalue weighted by Gasteiger charge is 2.17. The summed E-state index contributed by atoms with van der Waals surface area (Å²) in [6, 6.07) is 8.05. The van der Waals surface area contributed by atoms with E-state index in [9.17, 15) is 4.79 Å². The van der Waals surface area contributed by atoms with E-state index in [0.717, 1.165) is 11.1 Å². The molecule has 0 aromatic heterocycles. The largest absolute Gasteiger partial charge is 0.443 e. The van der Waals surface area contributed by atoms with Gasteiger partial charge in [-0.1, -0.05) is 24.3 Å². The van der Waals surface area contributed by atoms with Gasteiger partial charge in [-0.05, 0) is 38.8 Å². The minimum Gasteiger partial charge on any atom is -0.443 e. The molecule has 1 aliphatic heterocycles. The van der Waals surface area contributed by atoms with Crippen molar-refractivity contribution in [1.82, 2.24) is 32.6 Å². The van der Waals surface area contributed by atoms with E-state index in [-0.39, 0.29) is 12.3 Å². The summed E-state index contributed by atoms with van der Waals surface area (Å²) in [6.07, 6.45) is -0.335. The maximum Gasteiger partial charge on any atom is 0.422 e. The van der Waals surface area contributed by atoms with Crippen LogP contribution in [0.4, 0.5) is 4.79 Å². The molecule has 0 saturated carbocycles. The van der Waals surface area contributed by atoms with Crippen LogP contribution in [0.2, 0.25) is 0 Å². The van der Waals surface area contributed by atoms with Gasteiger partial charge in [0.15, 0.2) is 0 Å². The number of carbonyl (C=O) groups excluding carboxylic acids is 1. The molecule has 1 saturated heterocycles. The summed E-state index contributed by atoms with van der Waals surface area (Å²) in [4.78, 5) is 11.5. The fourth-order valence-corrected chi connectivity index (χ4v) is 2.01. The quantitative estimate of drug-likeness (QED) is 0.455. The van der Waals surface area contributed by atoms with E-state index in [1.54, 1.807) is 0 Å². The van der Waals surface area contributed by atoms with Crippen LogP contribution in [0.1, 0.15) is 45.0 Å². The number of carbonyl (C=O) groups is 1. The third-order valence-electron chi connectivity index (χ3n) is 3.08. The normalized spacial score (nSPS) is 21.7. The molecule has 1 aliphatic rings. The highest BCUT2D eigenvalue weighted by Crippen LogP contribution is 2.12. The molecule has 8 nitrogen and oxygen atoms in total. The lowest BCUT2D eigenvalue weighted by atomic mass is 10.1. The molecule has 23 heavy (non-hydrogen) atoms. The molecule has 0 bridgehead atoms. The first-order valence-electron chi connectivity index (χ1n) is 7.66. The Balaban J connectivity index is 1.76. The lowest BCUT2D eigenvalue weighted by Gasteiger charge is -2.31. The van der Waals surface area contributed by atoms with Crippen molar-refractivity contribution < 1.29 is 9.53 Å². The summed E-state index contributed by atoms with van der Waals surface area (Å²) in [7, 11) is 0. The first kappa shape index (κ1) is 17.6. The number of ether oxygens (including phenoxy) is 1. The van der Waals surface area contributed by atoms with Crippen LogP contribution in [0.25, 0.3) is 0 Å². The van der Waals surface area contributed by atoms with Gasteiger partial charge < -0.3 is 4.74 Å². The van der Waals surface area contributed by atoms with Crippen LogP contribution in [0.3, 0.4) is 0 Å². The number of benzene rings is 1. The molecule has 8 heteroatoms. The Kier molecular flexibility index (Phi) is 5.91. The van der Waals surface area contributed by atoms with Gasteiger partial charge in [-0.2, -0.15) is 0 Å².